The number of rotatable bonds is 4. The number of carbonyl (C=O) groups is 1. The summed E-state index contributed by atoms with van der Waals surface area (Å²) in [5.41, 5.74) is 0.451. The molecule has 0 bridgehead atoms. The maximum atomic E-state index is 13.4. The highest BCUT2D eigenvalue weighted by Crippen LogP contribution is 2.19. The summed E-state index contributed by atoms with van der Waals surface area (Å²) in [6, 6.07) is 4.68. The molecule has 0 aliphatic carbocycles. The first-order valence-corrected chi connectivity index (χ1v) is 5.50. The molecule has 0 radical (unpaired) electrons. The smallest absolute Gasteiger partial charge is 0.306 e. The van der Waals surface area contributed by atoms with Crippen LogP contribution in [-0.2, 0) is 11.2 Å². The average molecular weight is 275 g/mol. The molecule has 0 aliphatic rings. The molecule has 0 amide bonds. The quantitative estimate of drug-likeness (QED) is 0.915. The van der Waals surface area contributed by atoms with Gasteiger partial charge in [0, 0.05) is 4.47 Å². The third-order valence-electron chi connectivity index (χ3n) is 2.32. The maximum Gasteiger partial charge on any atom is 0.306 e. The zero-order valence-electron chi connectivity index (χ0n) is 8.34. The van der Waals surface area contributed by atoms with Crippen LogP contribution in [0.3, 0.4) is 0 Å². The molecule has 2 nitrogen and oxygen atoms in total. The zero-order valence-corrected chi connectivity index (χ0v) is 9.92. The van der Waals surface area contributed by atoms with E-state index in [1.54, 1.807) is 19.1 Å². The second-order valence-electron chi connectivity index (χ2n) is 3.38. The fourth-order valence-corrected chi connectivity index (χ4v) is 1.69. The lowest BCUT2D eigenvalue weighted by molar-refractivity contribution is -0.141. The summed E-state index contributed by atoms with van der Waals surface area (Å²) in [6.45, 7) is 1.79. The van der Waals surface area contributed by atoms with Gasteiger partial charge in [-0.05, 0) is 30.5 Å². The lowest BCUT2D eigenvalue weighted by Crippen LogP contribution is -2.16. The van der Waals surface area contributed by atoms with Crippen molar-refractivity contribution in [1.82, 2.24) is 0 Å². The molecule has 1 N–H and O–H groups in total. The van der Waals surface area contributed by atoms with Gasteiger partial charge in [-0.1, -0.05) is 28.9 Å². The summed E-state index contributed by atoms with van der Waals surface area (Å²) in [5, 5.41) is 8.85. The van der Waals surface area contributed by atoms with Gasteiger partial charge in [-0.15, -0.1) is 0 Å². The summed E-state index contributed by atoms with van der Waals surface area (Å²) < 4.78 is 14.0. The predicted octanol–water partition coefficient (Wildman–Crippen LogP) is 3.24. The predicted molar refractivity (Wildman–Crippen MR) is 59.2 cm³/mol. The van der Waals surface area contributed by atoms with Crippen LogP contribution in [-0.4, -0.2) is 11.1 Å². The maximum absolute atomic E-state index is 13.4. The molecule has 1 rings (SSSR count). The Hall–Kier alpha value is -0.900. The van der Waals surface area contributed by atoms with Crippen molar-refractivity contribution in [1.29, 1.82) is 0 Å². The highest BCUT2D eigenvalue weighted by Gasteiger charge is 2.17. The minimum atomic E-state index is -0.875. The Morgan fingerprint density at radius 1 is 1.60 bits per heavy atom. The first-order valence-electron chi connectivity index (χ1n) is 4.71. The van der Waals surface area contributed by atoms with Crippen molar-refractivity contribution in [2.45, 2.75) is 19.8 Å². The van der Waals surface area contributed by atoms with Gasteiger partial charge in [0.25, 0.3) is 0 Å². The zero-order chi connectivity index (χ0) is 11.4. The molecule has 0 aliphatic heterocycles. The van der Waals surface area contributed by atoms with Crippen molar-refractivity contribution in [3.05, 3.63) is 34.1 Å². The van der Waals surface area contributed by atoms with Crippen LogP contribution in [0.4, 0.5) is 4.39 Å². The summed E-state index contributed by atoms with van der Waals surface area (Å²) in [6.07, 6.45) is 0.746. The summed E-state index contributed by atoms with van der Waals surface area (Å²) in [4.78, 5) is 10.8. The molecular formula is C11H12BrFO2. The molecule has 0 saturated carbocycles. The molecule has 0 aromatic heterocycles. The van der Waals surface area contributed by atoms with Crippen molar-refractivity contribution >= 4 is 21.9 Å². The van der Waals surface area contributed by atoms with E-state index in [4.69, 9.17) is 5.11 Å². The summed E-state index contributed by atoms with van der Waals surface area (Å²) in [7, 11) is 0. The Labute approximate surface area is 96.2 Å². The SMILES string of the molecule is CCC(Cc1ccc(Br)cc1F)C(=O)O. The molecule has 0 heterocycles. The standard InChI is InChI=1S/C11H12BrFO2/c1-2-7(11(14)15)5-8-3-4-9(12)6-10(8)13/h3-4,6-7H,2,5H2,1H3,(H,14,15). The first kappa shape index (κ1) is 12.2. The summed E-state index contributed by atoms with van der Waals surface area (Å²) in [5.74, 6) is -1.75. The van der Waals surface area contributed by atoms with Gasteiger partial charge in [0.1, 0.15) is 5.82 Å². The van der Waals surface area contributed by atoms with Crippen molar-refractivity contribution in [3.8, 4) is 0 Å². The third kappa shape index (κ3) is 3.30. The lowest BCUT2D eigenvalue weighted by Gasteiger charge is -2.10. The largest absolute Gasteiger partial charge is 0.481 e. The molecule has 1 atom stereocenters. The van der Waals surface area contributed by atoms with Crippen molar-refractivity contribution in [2.24, 2.45) is 5.92 Å². The third-order valence-corrected chi connectivity index (χ3v) is 2.82. The van der Waals surface area contributed by atoms with Gasteiger partial charge in [-0.25, -0.2) is 4.39 Å². The number of halogens is 2. The minimum absolute atomic E-state index is 0.241. The molecule has 4 heteroatoms. The highest BCUT2D eigenvalue weighted by molar-refractivity contribution is 9.10. The fourth-order valence-electron chi connectivity index (χ4n) is 1.36. The van der Waals surface area contributed by atoms with Crippen LogP contribution in [0.1, 0.15) is 18.9 Å². The molecule has 0 spiro atoms. The van der Waals surface area contributed by atoms with E-state index in [-0.39, 0.29) is 12.2 Å². The Bertz CT molecular complexity index is 366. The van der Waals surface area contributed by atoms with Gasteiger partial charge >= 0.3 is 5.97 Å². The van der Waals surface area contributed by atoms with Crippen LogP contribution in [0.15, 0.2) is 22.7 Å². The van der Waals surface area contributed by atoms with E-state index >= 15 is 0 Å². The van der Waals surface area contributed by atoms with Crippen LogP contribution in [0, 0.1) is 11.7 Å². The van der Waals surface area contributed by atoms with Crippen LogP contribution in [0.2, 0.25) is 0 Å². The van der Waals surface area contributed by atoms with Gasteiger partial charge in [0.05, 0.1) is 5.92 Å². The Kier molecular flexibility index (Phi) is 4.27. The number of carboxylic acids is 1. The van der Waals surface area contributed by atoms with E-state index in [2.05, 4.69) is 15.9 Å². The van der Waals surface area contributed by atoms with Gasteiger partial charge in [0.15, 0.2) is 0 Å². The topological polar surface area (TPSA) is 37.3 Å². The fraction of sp³-hybridized carbons (Fsp3) is 0.364. The number of carboxylic acid groups (broad SMARTS) is 1. The lowest BCUT2D eigenvalue weighted by atomic mass is 9.97. The molecule has 0 saturated heterocycles. The van der Waals surface area contributed by atoms with Crippen LogP contribution in [0.5, 0.6) is 0 Å². The normalized spacial score (nSPS) is 12.5. The van der Waals surface area contributed by atoms with E-state index in [9.17, 15) is 9.18 Å². The first-order chi connectivity index (χ1) is 7.04. The highest BCUT2D eigenvalue weighted by atomic mass is 79.9. The van der Waals surface area contributed by atoms with E-state index in [1.807, 2.05) is 0 Å². The van der Waals surface area contributed by atoms with Gasteiger partial charge in [-0.3, -0.25) is 4.79 Å². The Morgan fingerprint density at radius 2 is 2.27 bits per heavy atom. The second-order valence-corrected chi connectivity index (χ2v) is 4.30. The van der Waals surface area contributed by atoms with E-state index in [0.29, 0.717) is 16.5 Å². The number of hydrogen-bond donors (Lipinski definition) is 1. The monoisotopic (exact) mass is 274 g/mol. The van der Waals surface area contributed by atoms with E-state index < -0.39 is 11.9 Å². The number of benzene rings is 1. The van der Waals surface area contributed by atoms with E-state index in [0.717, 1.165) is 0 Å². The van der Waals surface area contributed by atoms with Crippen LogP contribution >= 0.6 is 15.9 Å². The van der Waals surface area contributed by atoms with Crippen molar-refractivity contribution < 1.29 is 14.3 Å². The van der Waals surface area contributed by atoms with E-state index in [1.165, 1.54) is 6.07 Å². The molecular weight excluding hydrogens is 263 g/mol. The summed E-state index contributed by atoms with van der Waals surface area (Å²) >= 11 is 3.15. The molecule has 1 aromatic carbocycles. The molecule has 15 heavy (non-hydrogen) atoms. The Balaban J connectivity index is 2.84. The number of aliphatic carboxylic acids is 1. The molecule has 0 fully saturated rings. The van der Waals surface area contributed by atoms with Gasteiger partial charge < -0.3 is 5.11 Å². The van der Waals surface area contributed by atoms with Crippen LogP contribution < -0.4 is 0 Å². The molecule has 82 valence electrons. The number of hydrogen-bond acceptors (Lipinski definition) is 1. The minimum Gasteiger partial charge on any atom is -0.481 e. The molecule has 1 aromatic rings. The van der Waals surface area contributed by atoms with Crippen LogP contribution in [0.25, 0.3) is 0 Å². The van der Waals surface area contributed by atoms with Gasteiger partial charge in [0.2, 0.25) is 0 Å². The Morgan fingerprint density at radius 3 is 2.73 bits per heavy atom. The second kappa shape index (κ2) is 5.26. The van der Waals surface area contributed by atoms with Crippen molar-refractivity contribution in [2.75, 3.05) is 0 Å². The van der Waals surface area contributed by atoms with Gasteiger partial charge in [-0.2, -0.15) is 0 Å². The average Bonchev–Trinajstić information content (AvgIpc) is 2.16. The molecule has 1 unspecified atom stereocenters. The van der Waals surface area contributed by atoms with Crippen molar-refractivity contribution in [3.63, 3.8) is 0 Å².